The Morgan fingerprint density at radius 2 is 2.32 bits per heavy atom. The molecule has 2 N–H and O–H groups in total. The quantitative estimate of drug-likeness (QED) is 0.799. The van der Waals surface area contributed by atoms with Crippen LogP contribution in [-0.4, -0.2) is 34.9 Å². The maximum atomic E-state index is 5.18. The average molecular weight is 260 g/mol. The topological polar surface area (TPSA) is 62.8 Å². The summed E-state index contributed by atoms with van der Waals surface area (Å²) < 4.78 is 5.18. The molecular weight excluding hydrogens is 240 g/mol. The minimum absolute atomic E-state index is 0.363. The molecule has 5 nitrogen and oxygen atoms in total. The van der Waals surface area contributed by atoms with Crippen LogP contribution in [0.25, 0.3) is 11.3 Å². The van der Waals surface area contributed by atoms with Gasteiger partial charge in [0.2, 0.25) is 0 Å². The first-order valence-electron chi connectivity index (χ1n) is 6.50. The Bertz CT molecular complexity index is 483. The van der Waals surface area contributed by atoms with Crippen molar-refractivity contribution in [3.63, 3.8) is 0 Å². The molecular formula is C14H20N4O. The number of nitrogens with zero attached hydrogens (tertiary/aromatic N) is 2. The number of H-pyrrole nitrogens is 1. The van der Waals surface area contributed by atoms with Gasteiger partial charge in [-0.2, -0.15) is 5.10 Å². The Morgan fingerprint density at radius 1 is 1.42 bits per heavy atom. The van der Waals surface area contributed by atoms with E-state index in [1.807, 2.05) is 24.5 Å². The second-order valence-electron chi connectivity index (χ2n) is 4.45. The van der Waals surface area contributed by atoms with Crippen molar-refractivity contribution in [1.29, 1.82) is 0 Å². The molecule has 2 rings (SSSR count). The van der Waals surface area contributed by atoms with E-state index in [1.165, 1.54) is 0 Å². The van der Waals surface area contributed by atoms with E-state index in [-0.39, 0.29) is 0 Å². The fourth-order valence-corrected chi connectivity index (χ4v) is 1.98. The summed E-state index contributed by atoms with van der Waals surface area (Å²) >= 11 is 0. The predicted octanol–water partition coefficient (Wildman–Crippen LogP) is 1.99. The standard InChI is InChI=1S/C14H20N4O/c1-3-13(10-19-2)16-8-12-9-17-18-14(12)11-5-4-6-15-7-11/h4-7,9,13,16H,3,8,10H2,1-2H3,(H,17,18). The summed E-state index contributed by atoms with van der Waals surface area (Å²) in [7, 11) is 1.73. The lowest BCUT2D eigenvalue weighted by atomic mass is 10.1. The van der Waals surface area contributed by atoms with Crippen LogP contribution in [0.5, 0.6) is 0 Å². The molecule has 0 radical (unpaired) electrons. The molecule has 0 amide bonds. The van der Waals surface area contributed by atoms with E-state index in [2.05, 4.69) is 27.4 Å². The molecule has 5 heteroatoms. The highest BCUT2D eigenvalue weighted by Gasteiger charge is 2.10. The first-order chi connectivity index (χ1) is 9.35. The average Bonchev–Trinajstić information content (AvgIpc) is 2.93. The first-order valence-corrected chi connectivity index (χ1v) is 6.50. The fraction of sp³-hybridized carbons (Fsp3) is 0.429. The highest BCUT2D eigenvalue weighted by molar-refractivity contribution is 5.61. The molecule has 0 aliphatic rings. The largest absolute Gasteiger partial charge is 0.383 e. The number of hydrogen-bond acceptors (Lipinski definition) is 4. The van der Waals surface area contributed by atoms with Gasteiger partial charge in [0.25, 0.3) is 0 Å². The maximum Gasteiger partial charge on any atom is 0.0710 e. The monoisotopic (exact) mass is 260 g/mol. The molecule has 0 aromatic carbocycles. The zero-order valence-corrected chi connectivity index (χ0v) is 11.4. The second kappa shape index (κ2) is 7.01. The molecule has 2 heterocycles. The Balaban J connectivity index is 2.04. The highest BCUT2D eigenvalue weighted by atomic mass is 16.5. The Hall–Kier alpha value is -1.72. The van der Waals surface area contributed by atoms with E-state index in [9.17, 15) is 0 Å². The molecule has 0 saturated carbocycles. The summed E-state index contributed by atoms with van der Waals surface area (Å²) in [5.74, 6) is 0. The van der Waals surface area contributed by atoms with Crippen molar-refractivity contribution in [2.75, 3.05) is 13.7 Å². The van der Waals surface area contributed by atoms with Gasteiger partial charge >= 0.3 is 0 Å². The number of pyridine rings is 1. The van der Waals surface area contributed by atoms with Crippen LogP contribution in [0, 0.1) is 0 Å². The fourth-order valence-electron chi connectivity index (χ4n) is 1.98. The number of aromatic amines is 1. The molecule has 0 spiro atoms. The molecule has 0 bridgehead atoms. The third-order valence-corrected chi connectivity index (χ3v) is 3.11. The van der Waals surface area contributed by atoms with Crippen LogP contribution >= 0.6 is 0 Å². The second-order valence-corrected chi connectivity index (χ2v) is 4.45. The smallest absolute Gasteiger partial charge is 0.0710 e. The van der Waals surface area contributed by atoms with Crippen LogP contribution in [0.3, 0.4) is 0 Å². The third kappa shape index (κ3) is 3.62. The number of ether oxygens (including phenoxy) is 1. The number of methoxy groups -OCH3 is 1. The number of hydrogen-bond donors (Lipinski definition) is 2. The van der Waals surface area contributed by atoms with E-state index in [1.54, 1.807) is 13.3 Å². The van der Waals surface area contributed by atoms with E-state index in [0.717, 1.165) is 36.4 Å². The van der Waals surface area contributed by atoms with Crippen LogP contribution in [0.15, 0.2) is 30.7 Å². The molecule has 1 unspecified atom stereocenters. The molecule has 0 fully saturated rings. The van der Waals surface area contributed by atoms with Crippen LogP contribution in [-0.2, 0) is 11.3 Å². The number of rotatable bonds is 7. The van der Waals surface area contributed by atoms with Crippen molar-refractivity contribution in [3.05, 3.63) is 36.3 Å². The summed E-state index contributed by atoms with van der Waals surface area (Å²) in [5.41, 5.74) is 3.21. The van der Waals surface area contributed by atoms with Crippen molar-refractivity contribution < 1.29 is 4.74 Å². The zero-order chi connectivity index (χ0) is 13.5. The van der Waals surface area contributed by atoms with E-state index >= 15 is 0 Å². The van der Waals surface area contributed by atoms with Gasteiger partial charge in [-0.15, -0.1) is 0 Å². The van der Waals surface area contributed by atoms with Gasteiger partial charge in [0, 0.05) is 43.2 Å². The highest BCUT2D eigenvalue weighted by Crippen LogP contribution is 2.19. The summed E-state index contributed by atoms with van der Waals surface area (Å²) in [6.45, 7) is 3.63. The van der Waals surface area contributed by atoms with Crippen molar-refractivity contribution in [2.24, 2.45) is 0 Å². The van der Waals surface area contributed by atoms with Crippen molar-refractivity contribution in [1.82, 2.24) is 20.5 Å². The lowest BCUT2D eigenvalue weighted by molar-refractivity contribution is 0.164. The van der Waals surface area contributed by atoms with E-state index in [0.29, 0.717) is 6.04 Å². The number of aromatic nitrogens is 3. The van der Waals surface area contributed by atoms with Crippen LogP contribution in [0.2, 0.25) is 0 Å². The van der Waals surface area contributed by atoms with Gasteiger partial charge in [-0.05, 0) is 18.6 Å². The Morgan fingerprint density at radius 3 is 3.00 bits per heavy atom. The molecule has 2 aromatic rings. The van der Waals surface area contributed by atoms with E-state index < -0.39 is 0 Å². The molecule has 0 saturated heterocycles. The lowest BCUT2D eigenvalue weighted by Gasteiger charge is -2.15. The Kier molecular flexibility index (Phi) is 5.06. The summed E-state index contributed by atoms with van der Waals surface area (Å²) in [5, 5.41) is 10.6. The zero-order valence-electron chi connectivity index (χ0n) is 11.4. The molecule has 19 heavy (non-hydrogen) atoms. The van der Waals surface area contributed by atoms with Gasteiger partial charge in [-0.1, -0.05) is 6.92 Å². The molecule has 102 valence electrons. The van der Waals surface area contributed by atoms with Gasteiger partial charge < -0.3 is 10.1 Å². The van der Waals surface area contributed by atoms with Gasteiger partial charge in [0.05, 0.1) is 18.5 Å². The predicted molar refractivity (Wildman–Crippen MR) is 74.6 cm³/mol. The van der Waals surface area contributed by atoms with Crippen molar-refractivity contribution >= 4 is 0 Å². The van der Waals surface area contributed by atoms with Gasteiger partial charge in [-0.3, -0.25) is 10.1 Å². The van der Waals surface area contributed by atoms with Gasteiger partial charge in [-0.25, -0.2) is 0 Å². The summed E-state index contributed by atoms with van der Waals surface area (Å²) in [6, 6.07) is 4.31. The minimum Gasteiger partial charge on any atom is -0.383 e. The Labute approximate surface area is 113 Å². The van der Waals surface area contributed by atoms with Crippen LogP contribution in [0.4, 0.5) is 0 Å². The normalized spacial score (nSPS) is 12.5. The maximum absolute atomic E-state index is 5.18. The van der Waals surface area contributed by atoms with Crippen LogP contribution in [0.1, 0.15) is 18.9 Å². The first kappa shape index (κ1) is 13.7. The molecule has 0 aliphatic carbocycles. The lowest BCUT2D eigenvalue weighted by Crippen LogP contribution is -2.32. The molecule has 2 aromatic heterocycles. The van der Waals surface area contributed by atoms with Crippen molar-refractivity contribution in [2.45, 2.75) is 25.9 Å². The van der Waals surface area contributed by atoms with Gasteiger partial charge in [0.1, 0.15) is 0 Å². The number of nitrogens with one attached hydrogen (secondary N) is 2. The summed E-state index contributed by atoms with van der Waals surface area (Å²) in [6.07, 6.45) is 6.50. The third-order valence-electron chi connectivity index (χ3n) is 3.11. The van der Waals surface area contributed by atoms with Gasteiger partial charge in [0.15, 0.2) is 0 Å². The molecule has 0 aliphatic heterocycles. The van der Waals surface area contributed by atoms with Crippen LogP contribution < -0.4 is 5.32 Å². The van der Waals surface area contributed by atoms with E-state index in [4.69, 9.17) is 4.74 Å². The van der Waals surface area contributed by atoms with Crippen molar-refractivity contribution in [3.8, 4) is 11.3 Å². The molecule has 1 atom stereocenters. The SMILES string of the molecule is CCC(COC)NCc1cn[nH]c1-c1cccnc1. The minimum atomic E-state index is 0.363. The summed E-state index contributed by atoms with van der Waals surface area (Å²) in [4.78, 5) is 4.13.